The number of hydrogen-bond donors (Lipinski definition) is 2. The lowest BCUT2D eigenvalue weighted by molar-refractivity contribution is -0.141. The zero-order valence-corrected chi connectivity index (χ0v) is 9.17. The van der Waals surface area contributed by atoms with Crippen LogP contribution in [0, 0.1) is 0 Å². The summed E-state index contributed by atoms with van der Waals surface area (Å²) in [6.07, 6.45) is -3.55. The van der Waals surface area contributed by atoms with Crippen molar-refractivity contribution < 1.29 is 18.0 Å². The molecule has 0 fully saturated rings. The highest BCUT2D eigenvalue weighted by molar-refractivity contribution is 5.83. The molecule has 0 aliphatic heterocycles. The van der Waals surface area contributed by atoms with Crippen molar-refractivity contribution in [2.75, 3.05) is 12.4 Å². The molecule has 0 aromatic carbocycles. The van der Waals surface area contributed by atoms with E-state index in [9.17, 15) is 18.0 Å². The van der Waals surface area contributed by atoms with Gasteiger partial charge in [0.25, 0.3) is 0 Å². The third-order valence-electron chi connectivity index (χ3n) is 1.93. The Labute approximate surface area is 95.5 Å². The molecule has 1 rings (SSSR count). The van der Waals surface area contributed by atoms with Crippen LogP contribution in [-0.4, -0.2) is 29.0 Å². The lowest BCUT2D eigenvalue weighted by Crippen LogP contribution is -2.35. The Balaban J connectivity index is 2.83. The van der Waals surface area contributed by atoms with Crippen LogP contribution in [0.2, 0.25) is 0 Å². The van der Waals surface area contributed by atoms with Crippen molar-refractivity contribution in [1.29, 1.82) is 0 Å². The van der Waals surface area contributed by atoms with E-state index in [1.54, 1.807) is 0 Å². The van der Waals surface area contributed by atoms with Crippen molar-refractivity contribution >= 4 is 11.9 Å². The number of hydrogen-bond acceptors (Lipinski definition) is 4. The van der Waals surface area contributed by atoms with Gasteiger partial charge in [-0.15, -0.1) is 0 Å². The molecule has 17 heavy (non-hydrogen) atoms. The van der Waals surface area contributed by atoms with Gasteiger partial charge in [0, 0.05) is 13.2 Å². The maximum Gasteiger partial charge on any atom is 0.433 e. The summed E-state index contributed by atoms with van der Waals surface area (Å²) in [6, 6.07) is 0.0407. The average molecular weight is 248 g/mol. The quantitative estimate of drug-likeness (QED) is 0.838. The fraction of sp³-hybridized carbons (Fsp3) is 0.444. The van der Waals surface area contributed by atoms with Gasteiger partial charge in [-0.2, -0.15) is 13.2 Å². The standard InChI is InChI=1S/C9H11F3N4O/c1-5(7(17)13-2)15-8-14-4-3-6(16-8)9(10,11)12/h3-5H,1-2H3,(H,13,17)(H,14,15,16). The predicted octanol–water partition coefficient (Wildman–Crippen LogP) is 1.04. The fourth-order valence-corrected chi connectivity index (χ4v) is 1.06. The van der Waals surface area contributed by atoms with Gasteiger partial charge in [-0.05, 0) is 13.0 Å². The Kier molecular flexibility index (Phi) is 3.87. The van der Waals surface area contributed by atoms with Crippen LogP contribution in [0.15, 0.2) is 12.3 Å². The first-order chi connectivity index (χ1) is 7.84. The summed E-state index contributed by atoms with van der Waals surface area (Å²) in [4.78, 5) is 18.0. The molecule has 1 atom stereocenters. The Morgan fingerprint density at radius 2 is 2.12 bits per heavy atom. The highest BCUT2D eigenvalue weighted by atomic mass is 19.4. The Morgan fingerprint density at radius 3 is 2.65 bits per heavy atom. The van der Waals surface area contributed by atoms with Gasteiger partial charge in [0.1, 0.15) is 11.7 Å². The van der Waals surface area contributed by atoms with Crippen LogP contribution in [0.5, 0.6) is 0 Å². The lowest BCUT2D eigenvalue weighted by Gasteiger charge is -2.13. The summed E-state index contributed by atoms with van der Waals surface area (Å²) >= 11 is 0. The fourth-order valence-electron chi connectivity index (χ4n) is 1.06. The minimum atomic E-state index is -4.53. The van der Waals surface area contributed by atoms with Crippen LogP contribution >= 0.6 is 0 Å². The van der Waals surface area contributed by atoms with Crippen molar-refractivity contribution in [3.63, 3.8) is 0 Å². The summed E-state index contributed by atoms with van der Waals surface area (Å²) in [5, 5.41) is 4.82. The number of carbonyl (C=O) groups is 1. The summed E-state index contributed by atoms with van der Waals surface area (Å²) in [7, 11) is 1.42. The monoisotopic (exact) mass is 248 g/mol. The molecule has 1 amide bonds. The molecule has 0 aliphatic rings. The molecule has 0 aliphatic carbocycles. The van der Waals surface area contributed by atoms with Gasteiger partial charge in [0.15, 0.2) is 0 Å². The number of halogens is 3. The molecule has 1 unspecified atom stereocenters. The van der Waals surface area contributed by atoms with Gasteiger partial charge in [0.05, 0.1) is 0 Å². The number of carbonyl (C=O) groups excluding carboxylic acids is 1. The topological polar surface area (TPSA) is 66.9 Å². The summed E-state index contributed by atoms with van der Waals surface area (Å²) in [5.74, 6) is -0.609. The minimum Gasteiger partial charge on any atom is -0.357 e. The normalized spacial score (nSPS) is 13.0. The van der Waals surface area contributed by atoms with E-state index in [2.05, 4.69) is 20.6 Å². The number of anilines is 1. The van der Waals surface area contributed by atoms with Crippen molar-refractivity contribution in [2.45, 2.75) is 19.1 Å². The molecule has 0 bridgehead atoms. The van der Waals surface area contributed by atoms with Crippen LogP contribution < -0.4 is 10.6 Å². The van der Waals surface area contributed by atoms with E-state index in [1.165, 1.54) is 14.0 Å². The van der Waals surface area contributed by atoms with Crippen LogP contribution in [0.25, 0.3) is 0 Å². The molecule has 2 N–H and O–H groups in total. The zero-order valence-electron chi connectivity index (χ0n) is 9.17. The summed E-state index contributed by atoms with van der Waals surface area (Å²) in [6.45, 7) is 1.49. The number of aromatic nitrogens is 2. The van der Waals surface area contributed by atoms with E-state index in [-0.39, 0.29) is 11.9 Å². The molecule has 0 saturated heterocycles. The number of alkyl halides is 3. The van der Waals surface area contributed by atoms with E-state index in [0.717, 1.165) is 12.3 Å². The van der Waals surface area contributed by atoms with Crippen LogP contribution in [0.4, 0.5) is 19.1 Å². The molecule has 0 radical (unpaired) electrons. The Hall–Kier alpha value is -1.86. The number of nitrogens with one attached hydrogen (secondary N) is 2. The maximum absolute atomic E-state index is 12.3. The first-order valence-electron chi connectivity index (χ1n) is 4.73. The first kappa shape index (κ1) is 13.2. The van der Waals surface area contributed by atoms with Gasteiger partial charge in [0.2, 0.25) is 11.9 Å². The molecule has 1 heterocycles. The highest BCUT2D eigenvalue weighted by Crippen LogP contribution is 2.27. The van der Waals surface area contributed by atoms with Crippen LogP contribution in [0.1, 0.15) is 12.6 Å². The molecule has 1 aromatic rings. The van der Waals surface area contributed by atoms with Crippen molar-refractivity contribution in [3.05, 3.63) is 18.0 Å². The Bertz CT molecular complexity index is 407. The molecular formula is C9H11F3N4O. The third kappa shape index (κ3) is 3.58. The molecule has 1 aromatic heterocycles. The van der Waals surface area contributed by atoms with E-state index < -0.39 is 17.9 Å². The van der Waals surface area contributed by atoms with E-state index in [0.29, 0.717) is 0 Å². The number of rotatable bonds is 3. The molecule has 8 heteroatoms. The average Bonchev–Trinajstić information content (AvgIpc) is 2.27. The second kappa shape index (κ2) is 4.98. The second-order valence-electron chi connectivity index (χ2n) is 3.24. The smallest absolute Gasteiger partial charge is 0.357 e. The summed E-state index contributed by atoms with van der Waals surface area (Å²) < 4.78 is 37.0. The lowest BCUT2D eigenvalue weighted by atomic mass is 10.3. The molecule has 94 valence electrons. The predicted molar refractivity (Wildman–Crippen MR) is 54.2 cm³/mol. The number of nitrogens with zero attached hydrogens (tertiary/aromatic N) is 2. The van der Waals surface area contributed by atoms with E-state index >= 15 is 0 Å². The first-order valence-corrected chi connectivity index (χ1v) is 4.73. The maximum atomic E-state index is 12.3. The van der Waals surface area contributed by atoms with Crippen LogP contribution in [0.3, 0.4) is 0 Å². The largest absolute Gasteiger partial charge is 0.433 e. The van der Waals surface area contributed by atoms with Gasteiger partial charge in [-0.3, -0.25) is 4.79 Å². The number of amides is 1. The third-order valence-corrected chi connectivity index (χ3v) is 1.93. The minimum absolute atomic E-state index is 0.240. The zero-order chi connectivity index (χ0) is 13.1. The Morgan fingerprint density at radius 1 is 1.47 bits per heavy atom. The summed E-state index contributed by atoms with van der Waals surface area (Å²) in [5.41, 5.74) is -1.06. The van der Waals surface area contributed by atoms with Crippen molar-refractivity contribution in [3.8, 4) is 0 Å². The highest BCUT2D eigenvalue weighted by Gasteiger charge is 2.32. The molecule has 5 nitrogen and oxygen atoms in total. The molecule has 0 spiro atoms. The van der Waals surface area contributed by atoms with Crippen molar-refractivity contribution in [1.82, 2.24) is 15.3 Å². The van der Waals surface area contributed by atoms with Gasteiger partial charge >= 0.3 is 6.18 Å². The van der Waals surface area contributed by atoms with Gasteiger partial charge in [-0.1, -0.05) is 0 Å². The van der Waals surface area contributed by atoms with Gasteiger partial charge in [-0.25, -0.2) is 9.97 Å². The van der Waals surface area contributed by atoms with E-state index in [1.807, 2.05) is 0 Å². The van der Waals surface area contributed by atoms with Gasteiger partial charge < -0.3 is 10.6 Å². The van der Waals surface area contributed by atoms with Crippen LogP contribution in [-0.2, 0) is 11.0 Å². The SMILES string of the molecule is CNC(=O)C(C)Nc1nccc(C(F)(F)F)n1. The van der Waals surface area contributed by atoms with Crippen molar-refractivity contribution in [2.24, 2.45) is 0 Å². The molecule has 0 saturated carbocycles. The number of likely N-dealkylation sites (N-methyl/N-ethyl adjacent to an activating group) is 1. The second-order valence-corrected chi connectivity index (χ2v) is 3.24. The van der Waals surface area contributed by atoms with E-state index in [4.69, 9.17) is 0 Å². The molecular weight excluding hydrogens is 237 g/mol.